The van der Waals surface area contributed by atoms with E-state index in [-0.39, 0.29) is 17.4 Å². The molecule has 0 saturated heterocycles. The zero-order chi connectivity index (χ0) is 11.9. The summed E-state index contributed by atoms with van der Waals surface area (Å²) in [4.78, 5) is 10.3. The monoisotopic (exact) mass is 261 g/mol. The van der Waals surface area contributed by atoms with E-state index in [1.165, 1.54) is 13.2 Å². The van der Waals surface area contributed by atoms with Gasteiger partial charge < -0.3 is 4.74 Å². The van der Waals surface area contributed by atoms with Crippen LogP contribution in [0.5, 0.6) is 5.75 Å². The fourth-order valence-corrected chi connectivity index (χ4v) is 2.20. The molecule has 2 rings (SSSR count). The summed E-state index contributed by atoms with van der Waals surface area (Å²) in [5.41, 5.74) is 0.716. The number of hydrogen-bond acceptors (Lipinski definition) is 3. The summed E-state index contributed by atoms with van der Waals surface area (Å²) in [5.74, 6) is 0.213. The minimum absolute atomic E-state index is 0.0274. The molecule has 0 radical (unpaired) electrons. The van der Waals surface area contributed by atoms with Gasteiger partial charge >= 0.3 is 5.69 Å². The van der Waals surface area contributed by atoms with Crippen molar-refractivity contribution in [3.63, 3.8) is 0 Å². The third-order valence-electron chi connectivity index (χ3n) is 2.63. The zero-order valence-electron chi connectivity index (χ0n) is 8.44. The van der Waals surface area contributed by atoms with Gasteiger partial charge in [0.05, 0.1) is 12.0 Å². The van der Waals surface area contributed by atoms with Crippen LogP contribution in [-0.2, 0) is 0 Å². The topological polar surface area (TPSA) is 52.4 Å². The van der Waals surface area contributed by atoms with Gasteiger partial charge in [-0.25, -0.2) is 0 Å². The fraction of sp³-hybridized carbons (Fsp3) is 0.400. The molecule has 6 heteroatoms. The molecule has 1 atom stereocenters. The fourth-order valence-electron chi connectivity index (χ4n) is 1.64. The second-order valence-electron chi connectivity index (χ2n) is 3.71. The summed E-state index contributed by atoms with van der Waals surface area (Å²) in [6.45, 7) is 0. The van der Waals surface area contributed by atoms with Gasteiger partial charge in [0, 0.05) is 12.0 Å². The SMILES string of the molecule is COc1ccc(C2CC2(Cl)Cl)cc1[N+](=O)[O-]. The van der Waals surface area contributed by atoms with E-state index in [2.05, 4.69) is 0 Å². The van der Waals surface area contributed by atoms with Gasteiger partial charge in [0.2, 0.25) is 0 Å². The lowest BCUT2D eigenvalue weighted by molar-refractivity contribution is -0.385. The molecule has 86 valence electrons. The van der Waals surface area contributed by atoms with E-state index in [1.54, 1.807) is 12.1 Å². The quantitative estimate of drug-likeness (QED) is 0.477. The Morgan fingerprint density at radius 3 is 2.62 bits per heavy atom. The molecule has 1 fully saturated rings. The first kappa shape index (κ1) is 11.5. The van der Waals surface area contributed by atoms with Gasteiger partial charge in [-0.2, -0.15) is 0 Å². The van der Waals surface area contributed by atoms with E-state index in [4.69, 9.17) is 27.9 Å². The Morgan fingerprint density at radius 1 is 1.56 bits per heavy atom. The number of halogens is 2. The van der Waals surface area contributed by atoms with E-state index in [9.17, 15) is 10.1 Å². The normalized spacial score (nSPS) is 21.6. The number of hydrogen-bond donors (Lipinski definition) is 0. The molecule has 0 heterocycles. The molecule has 1 unspecified atom stereocenters. The molecule has 0 N–H and O–H groups in total. The largest absolute Gasteiger partial charge is 0.490 e. The summed E-state index contributed by atoms with van der Waals surface area (Å²) in [7, 11) is 1.40. The maximum absolute atomic E-state index is 10.8. The van der Waals surface area contributed by atoms with Crippen molar-refractivity contribution >= 4 is 28.9 Å². The van der Waals surface area contributed by atoms with Crippen molar-refractivity contribution in [2.75, 3.05) is 7.11 Å². The Morgan fingerprint density at radius 2 is 2.19 bits per heavy atom. The molecule has 16 heavy (non-hydrogen) atoms. The zero-order valence-corrected chi connectivity index (χ0v) is 9.96. The van der Waals surface area contributed by atoms with E-state index >= 15 is 0 Å². The van der Waals surface area contributed by atoms with Crippen molar-refractivity contribution in [2.45, 2.75) is 16.7 Å². The molecule has 1 aromatic rings. The number of methoxy groups -OCH3 is 1. The Labute approximate surface area is 102 Å². The van der Waals surface area contributed by atoms with E-state index in [0.717, 1.165) is 5.56 Å². The minimum Gasteiger partial charge on any atom is -0.490 e. The third-order valence-corrected chi connectivity index (χ3v) is 3.46. The van der Waals surface area contributed by atoms with Crippen molar-refractivity contribution in [1.82, 2.24) is 0 Å². The molecule has 0 bridgehead atoms. The van der Waals surface area contributed by atoms with Crippen LogP contribution in [0.4, 0.5) is 5.69 Å². The van der Waals surface area contributed by atoms with E-state index < -0.39 is 9.26 Å². The number of ether oxygens (including phenoxy) is 1. The van der Waals surface area contributed by atoms with Crippen LogP contribution >= 0.6 is 23.2 Å². The number of nitro groups is 1. The highest BCUT2D eigenvalue weighted by Gasteiger charge is 2.52. The van der Waals surface area contributed by atoms with Gasteiger partial charge in [0.1, 0.15) is 4.33 Å². The highest BCUT2D eigenvalue weighted by molar-refractivity contribution is 6.51. The van der Waals surface area contributed by atoms with Crippen molar-refractivity contribution in [1.29, 1.82) is 0 Å². The average molecular weight is 262 g/mol. The predicted molar refractivity (Wildman–Crippen MR) is 61.4 cm³/mol. The molecule has 1 aliphatic carbocycles. The average Bonchev–Trinajstić information content (AvgIpc) is 2.86. The van der Waals surface area contributed by atoms with Gasteiger partial charge in [0.15, 0.2) is 5.75 Å². The molecule has 0 aromatic heterocycles. The standard InChI is InChI=1S/C10H9Cl2NO3/c1-16-9-3-2-6(4-8(9)13(14)15)7-5-10(7,11)12/h2-4,7H,5H2,1H3. The number of alkyl halides is 2. The summed E-state index contributed by atoms with van der Waals surface area (Å²) < 4.78 is 4.13. The molecule has 1 aliphatic rings. The van der Waals surface area contributed by atoms with Gasteiger partial charge in [-0.1, -0.05) is 6.07 Å². The van der Waals surface area contributed by atoms with Crippen molar-refractivity contribution in [2.24, 2.45) is 0 Å². The lowest BCUT2D eigenvalue weighted by Crippen LogP contribution is -1.96. The van der Waals surface area contributed by atoms with Crippen molar-refractivity contribution in [3.05, 3.63) is 33.9 Å². The summed E-state index contributed by atoms with van der Waals surface area (Å²) in [5, 5.41) is 10.8. The molecule has 0 aliphatic heterocycles. The van der Waals surface area contributed by atoms with Crippen LogP contribution in [0.1, 0.15) is 17.9 Å². The van der Waals surface area contributed by atoms with Gasteiger partial charge in [0.25, 0.3) is 0 Å². The van der Waals surface area contributed by atoms with Crippen LogP contribution < -0.4 is 4.74 Å². The highest BCUT2D eigenvalue weighted by atomic mass is 35.5. The summed E-state index contributed by atoms with van der Waals surface area (Å²) in [6, 6.07) is 4.79. The summed E-state index contributed by atoms with van der Waals surface area (Å²) >= 11 is 11.8. The van der Waals surface area contributed by atoms with Crippen molar-refractivity contribution < 1.29 is 9.66 Å². The first-order valence-electron chi connectivity index (χ1n) is 4.66. The first-order valence-corrected chi connectivity index (χ1v) is 5.41. The first-order chi connectivity index (χ1) is 7.45. The lowest BCUT2D eigenvalue weighted by atomic mass is 10.1. The van der Waals surface area contributed by atoms with Crippen LogP contribution in [-0.4, -0.2) is 16.4 Å². The molecular weight excluding hydrogens is 253 g/mol. The van der Waals surface area contributed by atoms with E-state index in [0.29, 0.717) is 6.42 Å². The smallest absolute Gasteiger partial charge is 0.311 e. The number of nitro benzene ring substituents is 1. The van der Waals surface area contributed by atoms with Crippen LogP contribution in [0.15, 0.2) is 18.2 Å². The second kappa shape index (κ2) is 3.79. The molecule has 1 aromatic carbocycles. The number of nitrogens with zero attached hydrogens (tertiary/aromatic N) is 1. The van der Waals surface area contributed by atoms with Gasteiger partial charge in [-0.3, -0.25) is 10.1 Å². The van der Waals surface area contributed by atoms with Crippen LogP contribution in [0, 0.1) is 10.1 Å². The predicted octanol–water partition coefficient (Wildman–Crippen LogP) is 3.26. The van der Waals surface area contributed by atoms with Gasteiger partial charge in [-0.15, -0.1) is 23.2 Å². The minimum atomic E-state index is -0.775. The maximum atomic E-state index is 10.8. The van der Waals surface area contributed by atoms with Crippen LogP contribution in [0.2, 0.25) is 0 Å². The Kier molecular flexibility index (Phi) is 2.72. The van der Waals surface area contributed by atoms with E-state index in [1.807, 2.05) is 0 Å². The Bertz CT molecular complexity index is 448. The molecule has 0 spiro atoms. The molecule has 0 amide bonds. The number of benzene rings is 1. The Hall–Kier alpha value is -1.00. The maximum Gasteiger partial charge on any atom is 0.311 e. The van der Waals surface area contributed by atoms with Crippen LogP contribution in [0.3, 0.4) is 0 Å². The van der Waals surface area contributed by atoms with Crippen molar-refractivity contribution in [3.8, 4) is 5.75 Å². The number of rotatable bonds is 3. The third kappa shape index (κ3) is 1.95. The summed E-state index contributed by atoms with van der Waals surface area (Å²) in [6.07, 6.45) is 0.625. The van der Waals surface area contributed by atoms with Crippen LogP contribution in [0.25, 0.3) is 0 Å². The molecule has 4 nitrogen and oxygen atoms in total. The van der Waals surface area contributed by atoms with Gasteiger partial charge in [-0.05, 0) is 18.1 Å². The second-order valence-corrected chi connectivity index (χ2v) is 5.25. The highest BCUT2D eigenvalue weighted by Crippen LogP contribution is 2.60. The molecular formula is C10H9Cl2NO3. The Balaban J connectivity index is 2.37. The molecule has 1 saturated carbocycles. The lowest BCUT2D eigenvalue weighted by Gasteiger charge is -2.04.